The van der Waals surface area contributed by atoms with E-state index in [0.717, 1.165) is 41.6 Å². The minimum absolute atomic E-state index is 0.0933. The zero-order valence-electron chi connectivity index (χ0n) is 12.4. The highest BCUT2D eigenvalue weighted by atomic mass is 32.2. The Bertz CT molecular complexity index is 409. The monoisotopic (exact) mass is 315 g/mol. The van der Waals surface area contributed by atoms with Crippen molar-refractivity contribution in [3.8, 4) is 0 Å². The van der Waals surface area contributed by atoms with Gasteiger partial charge in [-0.15, -0.1) is 0 Å². The number of hydrogen-bond acceptors (Lipinski definition) is 6. The fraction of sp³-hybridized carbons (Fsp3) is 0.857. The molecule has 1 saturated carbocycles. The van der Waals surface area contributed by atoms with Gasteiger partial charge < -0.3 is 10.4 Å². The summed E-state index contributed by atoms with van der Waals surface area (Å²) in [6.07, 6.45) is 6.79. The van der Waals surface area contributed by atoms with E-state index in [0.29, 0.717) is 6.04 Å². The van der Waals surface area contributed by atoms with E-state index in [1.54, 1.807) is 11.8 Å². The molecule has 1 fully saturated rings. The lowest BCUT2D eigenvalue weighted by molar-refractivity contribution is 0.161. The standard InChI is InChI=1S/C14H25N3OS2/c1-3-12-15-13(20-17-12)19-9-5-4-8-14(2,10-18)16-11-6-7-11/h11,16,18H,3-10H2,1-2H3. The summed E-state index contributed by atoms with van der Waals surface area (Å²) in [4.78, 5) is 4.46. The lowest BCUT2D eigenvalue weighted by Crippen LogP contribution is -2.46. The zero-order chi connectivity index (χ0) is 14.4. The van der Waals surface area contributed by atoms with Crippen LogP contribution in [0.2, 0.25) is 0 Å². The molecule has 1 aromatic rings. The van der Waals surface area contributed by atoms with E-state index in [4.69, 9.17) is 0 Å². The number of aliphatic hydroxyl groups excluding tert-OH is 1. The molecule has 2 N–H and O–H groups in total. The van der Waals surface area contributed by atoms with Crippen molar-refractivity contribution in [2.45, 2.75) is 68.3 Å². The van der Waals surface area contributed by atoms with Crippen molar-refractivity contribution in [2.24, 2.45) is 0 Å². The van der Waals surface area contributed by atoms with Gasteiger partial charge in [-0.05, 0) is 44.1 Å². The molecule has 1 aliphatic carbocycles. The minimum atomic E-state index is -0.0933. The predicted octanol–water partition coefficient (Wildman–Crippen LogP) is 2.87. The molecule has 0 amide bonds. The van der Waals surface area contributed by atoms with Crippen molar-refractivity contribution in [1.82, 2.24) is 14.7 Å². The van der Waals surface area contributed by atoms with Crippen LogP contribution in [0.15, 0.2) is 4.34 Å². The quantitative estimate of drug-likeness (QED) is 0.513. The van der Waals surface area contributed by atoms with Crippen molar-refractivity contribution in [2.75, 3.05) is 12.4 Å². The van der Waals surface area contributed by atoms with E-state index in [-0.39, 0.29) is 12.1 Å². The first kappa shape index (κ1) is 16.2. The molecule has 1 aromatic heterocycles. The highest BCUT2D eigenvalue weighted by molar-refractivity contribution is 8.00. The SMILES string of the molecule is CCc1nsc(SCCCCC(C)(CO)NC2CC2)n1. The molecule has 1 heterocycles. The first-order chi connectivity index (χ1) is 9.65. The number of aliphatic hydroxyl groups is 1. The van der Waals surface area contributed by atoms with Crippen LogP contribution in [0.4, 0.5) is 0 Å². The van der Waals surface area contributed by atoms with E-state index in [1.807, 2.05) is 0 Å². The van der Waals surface area contributed by atoms with Crippen LogP contribution in [0.5, 0.6) is 0 Å². The smallest absolute Gasteiger partial charge is 0.170 e. The Morgan fingerprint density at radius 3 is 2.85 bits per heavy atom. The van der Waals surface area contributed by atoms with Gasteiger partial charge in [0.1, 0.15) is 5.82 Å². The van der Waals surface area contributed by atoms with Crippen LogP contribution in [0.3, 0.4) is 0 Å². The fourth-order valence-corrected chi connectivity index (χ4v) is 3.90. The summed E-state index contributed by atoms with van der Waals surface area (Å²) in [7, 11) is 0. The van der Waals surface area contributed by atoms with Gasteiger partial charge in [-0.3, -0.25) is 0 Å². The van der Waals surface area contributed by atoms with E-state index in [1.165, 1.54) is 24.4 Å². The average Bonchev–Trinajstić information content (AvgIpc) is 3.13. The van der Waals surface area contributed by atoms with Gasteiger partial charge in [0.15, 0.2) is 4.34 Å². The predicted molar refractivity (Wildman–Crippen MR) is 85.5 cm³/mol. The number of thioether (sulfide) groups is 1. The fourth-order valence-electron chi connectivity index (χ4n) is 2.13. The number of nitrogens with one attached hydrogen (secondary N) is 1. The van der Waals surface area contributed by atoms with Gasteiger partial charge in [0.2, 0.25) is 0 Å². The summed E-state index contributed by atoms with van der Waals surface area (Å²) in [5.41, 5.74) is -0.0933. The molecule has 0 bridgehead atoms. The number of aryl methyl sites for hydroxylation is 1. The van der Waals surface area contributed by atoms with Gasteiger partial charge in [0.25, 0.3) is 0 Å². The molecule has 0 radical (unpaired) electrons. The molecule has 1 unspecified atom stereocenters. The van der Waals surface area contributed by atoms with Crippen molar-refractivity contribution in [3.63, 3.8) is 0 Å². The Hall–Kier alpha value is -0.170. The van der Waals surface area contributed by atoms with Crippen LogP contribution in [-0.2, 0) is 6.42 Å². The molecule has 6 heteroatoms. The van der Waals surface area contributed by atoms with Crippen LogP contribution in [0.25, 0.3) is 0 Å². The molecule has 1 aliphatic rings. The second-order valence-corrected chi connectivity index (χ2v) is 7.87. The van der Waals surface area contributed by atoms with Crippen LogP contribution in [0, 0.1) is 0 Å². The van der Waals surface area contributed by atoms with Gasteiger partial charge in [0.05, 0.1) is 6.61 Å². The Morgan fingerprint density at radius 2 is 2.25 bits per heavy atom. The molecule has 0 aliphatic heterocycles. The van der Waals surface area contributed by atoms with Gasteiger partial charge in [-0.25, -0.2) is 4.98 Å². The maximum absolute atomic E-state index is 9.54. The minimum Gasteiger partial charge on any atom is -0.394 e. The summed E-state index contributed by atoms with van der Waals surface area (Å²) < 4.78 is 5.38. The third-order valence-corrected chi connectivity index (χ3v) is 5.55. The molecule has 1 atom stereocenters. The average molecular weight is 316 g/mol. The topological polar surface area (TPSA) is 58.0 Å². The third kappa shape index (κ3) is 5.31. The van der Waals surface area contributed by atoms with Crippen molar-refractivity contribution in [1.29, 1.82) is 0 Å². The number of rotatable bonds is 10. The zero-order valence-corrected chi connectivity index (χ0v) is 14.0. The van der Waals surface area contributed by atoms with Crippen LogP contribution < -0.4 is 5.32 Å². The molecule has 0 spiro atoms. The lowest BCUT2D eigenvalue weighted by Gasteiger charge is -2.29. The maximum atomic E-state index is 9.54. The number of nitrogens with zero attached hydrogens (tertiary/aromatic N) is 2. The summed E-state index contributed by atoms with van der Waals surface area (Å²) in [5, 5.41) is 13.1. The molecular formula is C14H25N3OS2. The molecule has 114 valence electrons. The van der Waals surface area contributed by atoms with Gasteiger partial charge in [-0.2, -0.15) is 4.37 Å². The van der Waals surface area contributed by atoms with Gasteiger partial charge >= 0.3 is 0 Å². The van der Waals surface area contributed by atoms with Gasteiger partial charge in [-0.1, -0.05) is 25.1 Å². The molecule has 4 nitrogen and oxygen atoms in total. The summed E-state index contributed by atoms with van der Waals surface area (Å²) in [6.45, 7) is 4.45. The van der Waals surface area contributed by atoms with E-state index in [9.17, 15) is 5.11 Å². The molecule has 0 aromatic carbocycles. The Kier molecular flexibility index (Phi) is 6.26. The summed E-state index contributed by atoms with van der Waals surface area (Å²) in [5.74, 6) is 2.04. The maximum Gasteiger partial charge on any atom is 0.170 e. The lowest BCUT2D eigenvalue weighted by atomic mass is 9.96. The molecule has 20 heavy (non-hydrogen) atoms. The molecular weight excluding hydrogens is 290 g/mol. The van der Waals surface area contributed by atoms with E-state index >= 15 is 0 Å². The van der Waals surface area contributed by atoms with Crippen molar-refractivity contribution in [3.05, 3.63) is 5.82 Å². The third-order valence-electron chi connectivity index (χ3n) is 3.59. The summed E-state index contributed by atoms with van der Waals surface area (Å²) >= 11 is 3.31. The van der Waals surface area contributed by atoms with E-state index < -0.39 is 0 Å². The summed E-state index contributed by atoms with van der Waals surface area (Å²) in [6, 6.07) is 0.649. The molecule has 2 rings (SSSR count). The highest BCUT2D eigenvalue weighted by Gasteiger charge is 2.31. The first-order valence-corrected chi connectivity index (χ1v) is 9.25. The Balaban J connectivity index is 1.60. The number of unbranched alkanes of at least 4 members (excludes halogenated alkanes) is 1. The van der Waals surface area contributed by atoms with Crippen molar-refractivity contribution < 1.29 is 5.11 Å². The first-order valence-electron chi connectivity index (χ1n) is 7.49. The van der Waals surface area contributed by atoms with Gasteiger partial charge in [0, 0.05) is 23.8 Å². The second kappa shape index (κ2) is 7.73. The number of hydrogen-bond donors (Lipinski definition) is 2. The Labute approximate surface area is 129 Å². The molecule has 0 saturated heterocycles. The highest BCUT2D eigenvalue weighted by Crippen LogP contribution is 2.26. The van der Waals surface area contributed by atoms with E-state index in [2.05, 4.69) is 28.5 Å². The number of aromatic nitrogens is 2. The Morgan fingerprint density at radius 1 is 1.45 bits per heavy atom. The van der Waals surface area contributed by atoms with Crippen molar-refractivity contribution >= 4 is 23.3 Å². The second-order valence-electron chi connectivity index (χ2n) is 5.77. The van der Waals surface area contributed by atoms with Crippen LogP contribution >= 0.6 is 23.3 Å². The normalized spacial score (nSPS) is 18.1. The van der Waals surface area contributed by atoms with Crippen LogP contribution in [-0.4, -0.2) is 38.4 Å². The van der Waals surface area contributed by atoms with Crippen LogP contribution in [0.1, 0.15) is 51.8 Å². The largest absolute Gasteiger partial charge is 0.394 e.